The quantitative estimate of drug-likeness (QED) is 0.749. The van der Waals surface area contributed by atoms with Crippen LogP contribution < -0.4 is 0 Å². The molecule has 0 saturated heterocycles. The van der Waals surface area contributed by atoms with Crippen molar-refractivity contribution < 1.29 is 9.52 Å². The molecule has 1 aromatic heterocycles. The van der Waals surface area contributed by atoms with E-state index in [0.717, 1.165) is 35.1 Å². The van der Waals surface area contributed by atoms with Gasteiger partial charge in [-0.15, -0.1) is 0 Å². The van der Waals surface area contributed by atoms with Gasteiger partial charge in [-0.3, -0.25) is 0 Å². The molecule has 1 heterocycles. The predicted molar refractivity (Wildman–Crippen MR) is 73.2 cm³/mol. The van der Waals surface area contributed by atoms with E-state index in [-0.39, 0.29) is 5.41 Å². The van der Waals surface area contributed by atoms with Gasteiger partial charge in [0.1, 0.15) is 17.1 Å². The molecule has 0 amide bonds. The first kappa shape index (κ1) is 11.6. The zero-order valence-corrected chi connectivity index (χ0v) is 11.3. The van der Waals surface area contributed by atoms with Gasteiger partial charge in [-0.1, -0.05) is 20.8 Å². The summed E-state index contributed by atoms with van der Waals surface area (Å²) in [7, 11) is 0. The molecule has 0 bridgehead atoms. The monoisotopic (exact) mass is 244 g/mol. The lowest BCUT2D eigenvalue weighted by Gasteiger charge is -2.20. The van der Waals surface area contributed by atoms with Crippen molar-refractivity contribution in [2.24, 2.45) is 0 Å². The van der Waals surface area contributed by atoms with Gasteiger partial charge >= 0.3 is 0 Å². The summed E-state index contributed by atoms with van der Waals surface area (Å²) < 4.78 is 5.97. The summed E-state index contributed by atoms with van der Waals surface area (Å²) in [4.78, 5) is 0. The first-order valence-corrected chi connectivity index (χ1v) is 6.74. The van der Waals surface area contributed by atoms with Crippen molar-refractivity contribution in [2.45, 2.75) is 51.9 Å². The second kappa shape index (κ2) is 3.78. The fourth-order valence-corrected chi connectivity index (χ4v) is 2.90. The lowest BCUT2D eigenvalue weighted by molar-refractivity contribution is 0.446. The molecule has 0 unspecified atom stereocenters. The average molecular weight is 244 g/mol. The summed E-state index contributed by atoms with van der Waals surface area (Å²) >= 11 is 0. The van der Waals surface area contributed by atoms with Crippen LogP contribution in [0.5, 0.6) is 5.75 Å². The molecule has 2 heteroatoms. The minimum Gasteiger partial charge on any atom is -0.508 e. The zero-order chi connectivity index (χ0) is 12.9. The van der Waals surface area contributed by atoms with Gasteiger partial charge in [-0.25, -0.2) is 0 Å². The number of benzene rings is 1. The van der Waals surface area contributed by atoms with E-state index < -0.39 is 0 Å². The number of hydrogen-bond donors (Lipinski definition) is 1. The van der Waals surface area contributed by atoms with Crippen molar-refractivity contribution in [2.75, 3.05) is 0 Å². The number of fused-ring (bicyclic) bond motifs is 3. The van der Waals surface area contributed by atoms with E-state index in [0.29, 0.717) is 5.75 Å². The van der Waals surface area contributed by atoms with Crippen molar-refractivity contribution >= 4 is 11.0 Å². The van der Waals surface area contributed by atoms with Gasteiger partial charge in [-0.05, 0) is 36.8 Å². The van der Waals surface area contributed by atoms with E-state index in [1.165, 1.54) is 18.4 Å². The SMILES string of the molecule is CC(C)(C)c1cc2oc3c(c2cc1O)CCCC3. The van der Waals surface area contributed by atoms with E-state index in [9.17, 15) is 5.11 Å². The molecule has 0 radical (unpaired) electrons. The fourth-order valence-electron chi connectivity index (χ4n) is 2.90. The van der Waals surface area contributed by atoms with Crippen LogP contribution in [0.15, 0.2) is 16.5 Å². The van der Waals surface area contributed by atoms with Crippen LogP contribution in [0, 0.1) is 0 Å². The maximum Gasteiger partial charge on any atom is 0.135 e. The maximum atomic E-state index is 10.2. The fraction of sp³-hybridized carbons (Fsp3) is 0.500. The standard InChI is InChI=1S/C16H20O2/c1-16(2,3)12-9-15-11(8-13(12)17)10-6-4-5-7-14(10)18-15/h8-9,17H,4-7H2,1-3H3. The lowest BCUT2D eigenvalue weighted by atomic mass is 9.85. The summed E-state index contributed by atoms with van der Waals surface area (Å²) in [6, 6.07) is 3.91. The van der Waals surface area contributed by atoms with Gasteiger partial charge in [0.2, 0.25) is 0 Å². The Labute approximate surface area is 108 Å². The lowest BCUT2D eigenvalue weighted by Crippen LogP contribution is -2.11. The van der Waals surface area contributed by atoms with Gasteiger partial charge in [0, 0.05) is 22.9 Å². The Balaban J connectivity index is 2.25. The summed E-state index contributed by atoms with van der Waals surface area (Å²) in [6.07, 6.45) is 4.56. The van der Waals surface area contributed by atoms with Crippen LogP contribution in [0.2, 0.25) is 0 Å². The number of hydrogen-bond acceptors (Lipinski definition) is 2. The van der Waals surface area contributed by atoms with E-state index >= 15 is 0 Å². The molecule has 0 saturated carbocycles. The molecule has 1 N–H and O–H groups in total. The highest BCUT2D eigenvalue weighted by atomic mass is 16.3. The third kappa shape index (κ3) is 1.71. The molecule has 1 aromatic carbocycles. The van der Waals surface area contributed by atoms with Crippen LogP contribution in [0.4, 0.5) is 0 Å². The molecule has 3 rings (SSSR count). The topological polar surface area (TPSA) is 33.4 Å². The Hall–Kier alpha value is -1.44. The molecule has 1 aliphatic carbocycles. The van der Waals surface area contributed by atoms with Gasteiger partial charge in [0.15, 0.2) is 0 Å². The Bertz CT molecular complexity index is 600. The summed E-state index contributed by atoms with van der Waals surface area (Å²) in [5.41, 5.74) is 3.14. The Morgan fingerprint density at radius 3 is 2.56 bits per heavy atom. The molecular weight excluding hydrogens is 224 g/mol. The molecule has 0 atom stereocenters. The number of furan rings is 1. The van der Waals surface area contributed by atoms with Gasteiger partial charge in [0.25, 0.3) is 0 Å². The minimum atomic E-state index is -0.0639. The smallest absolute Gasteiger partial charge is 0.135 e. The Morgan fingerprint density at radius 2 is 1.83 bits per heavy atom. The maximum absolute atomic E-state index is 10.2. The molecule has 18 heavy (non-hydrogen) atoms. The van der Waals surface area contributed by atoms with Crippen molar-refractivity contribution in [3.05, 3.63) is 29.0 Å². The zero-order valence-electron chi connectivity index (χ0n) is 11.3. The van der Waals surface area contributed by atoms with Crippen LogP contribution >= 0.6 is 0 Å². The first-order chi connectivity index (χ1) is 8.47. The molecule has 0 fully saturated rings. The Morgan fingerprint density at radius 1 is 1.11 bits per heavy atom. The normalized spacial score (nSPS) is 15.9. The molecule has 1 aliphatic rings. The predicted octanol–water partition coefficient (Wildman–Crippen LogP) is 4.31. The molecule has 2 nitrogen and oxygen atoms in total. The molecule has 0 aliphatic heterocycles. The summed E-state index contributed by atoms with van der Waals surface area (Å²) in [5, 5.41) is 11.3. The number of phenolic OH excluding ortho intramolecular Hbond substituents is 1. The number of phenols is 1. The molecule has 2 aromatic rings. The van der Waals surface area contributed by atoms with Gasteiger partial charge in [-0.2, -0.15) is 0 Å². The highest BCUT2D eigenvalue weighted by Gasteiger charge is 2.23. The van der Waals surface area contributed by atoms with Crippen molar-refractivity contribution in [3.63, 3.8) is 0 Å². The van der Waals surface area contributed by atoms with Crippen molar-refractivity contribution in [1.82, 2.24) is 0 Å². The van der Waals surface area contributed by atoms with Crippen molar-refractivity contribution in [3.8, 4) is 5.75 Å². The van der Waals surface area contributed by atoms with Crippen LogP contribution in [-0.4, -0.2) is 5.11 Å². The molecule has 0 spiro atoms. The van der Waals surface area contributed by atoms with Crippen LogP contribution in [-0.2, 0) is 18.3 Å². The second-order valence-electron chi connectivity index (χ2n) is 6.33. The van der Waals surface area contributed by atoms with E-state index in [1.54, 1.807) is 0 Å². The Kier molecular flexibility index (Phi) is 2.44. The van der Waals surface area contributed by atoms with Gasteiger partial charge < -0.3 is 9.52 Å². The van der Waals surface area contributed by atoms with Crippen LogP contribution in [0.1, 0.15) is 50.5 Å². The largest absolute Gasteiger partial charge is 0.508 e. The summed E-state index contributed by atoms with van der Waals surface area (Å²) in [6.45, 7) is 6.32. The highest BCUT2D eigenvalue weighted by molar-refractivity contribution is 5.85. The highest BCUT2D eigenvalue weighted by Crippen LogP contribution is 2.39. The number of aromatic hydroxyl groups is 1. The van der Waals surface area contributed by atoms with E-state index in [2.05, 4.69) is 20.8 Å². The van der Waals surface area contributed by atoms with Crippen LogP contribution in [0.3, 0.4) is 0 Å². The number of rotatable bonds is 0. The third-order valence-corrected chi connectivity index (χ3v) is 3.88. The van der Waals surface area contributed by atoms with Crippen molar-refractivity contribution in [1.29, 1.82) is 0 Å². The number of aryl methyl sites for hydroxylation is 2. The second-order valence-corrected chi connectivity index (χ2v) is 6.33. The molecular formula is C16H20O2. The van der Waals surface area contributed by atoms with Gasteiger partial charge in [0.05, 0.1) is 0 Å². The molecule has 96 valence electrons. The average Bonchev–Trinajstić information content (AvgIpc) is 2.65. The summed E-state index contributed by atoms with van der Waals surface area (Å²) in [5.74, 6) is 1.52. The van der Waals surface area contributed by atoms with E-state index in [1.807, 2.05) is 12.1 Å². The minimum absolute atomic E-state index is 0.0639. The van der Waals surface area contributed by atoms with Crippen LogP contribution in [0.25, 0.3) is 11.0 Å². The first-order valence-electron chi connectivity index (χ1n) is 6.74. The third-order valence-electron chi connectivity index (χ3n) is 3.88. The van der Waals surface area contributed by atoms with E-state index in [4.69, 9.17) is 4.42 Å².